The summed E-state index contributed by atoms with van der Waals surface area (Å²) in [7, 11) is 0. The van der Waals surface area contributed by atoms with Crippen LogP contribution in [-0.2, 0) is 0 Å². The van der Waals surface area contributed by atoms with E-state index < -0.39 is 0 Å². The lowest BCUT2D eigenvalue weighted by atomic mass is 10.2. The molecule has 1 unspecified atom stereocenters. The number of hydrogen-bond acceptors (Lipinski definition) is 2. The van der Waals surface area contributed by atoms with Crippen molar-refractivity contribution in [3.8, 4) is 5.75 Å². The number of ether oxygens (including phenoxy) is 1. The summed E-state index contributed by atoms with van der Waals surface area (Å²) in [5.41, 5.74) is 0. The predicted octanol–water partition coefficient (Wildman–Crippen LogP) is 3.45. The van der Waals surface area contributed by atoms with Gasteiger partial charge in [0, 0.05) is 3.57 Å². The molecule has 0 aliphatic rings. The fraction of sp³-hybridized carbons (Fsp3) is 0.538. The maximum Gasteiger partial charge on any atom is 0.120 e. The van der Waals surface area contributed by atoms with Crippen LogP contribution in [0.25, 0.3) is 0 Å². The molecular formula is C13H20INO. The van der Waals surface area contributed by atoms with Crippen LogP contribution in [0.2, 0.25) is 0 Å². The van der Waals surface area contributed by atoms with E-state index in [1.54, 1.807) is 0 Å². The summed E-state index contributed by atoms with van der Waals surface area (Å²) in [6.07, 6.45) is 2.55. The van der Waals surface area contributed by atoms with Gasteiger partial charge in [-0.3, -0.25) is 0 Å². The van der Waals surface area contributed by atoms with E-state index in [1.807, 2.05) is 12.1 Å². The Morgan fingerprint density at radius 3 is 2.94 bits per heavy atom. The third-order valence-corrected chi connectivity index (χ3v) is 3.02. The molecule has 0 fully saturated rings. The lowest BCUT2D eigenvalue weighted by molar-refractivity contribution is 0.207. The molecule has 0 bridgehead atoms. The van der Waals surface area contributed by atoms with E-state index in [-0.39, 0.29) is 6.10 Å². The monoisotopic (exact) mass is 333 g/mol. The SMILES string of the molecule is CCNCCCC(C)Oc1cccc(I)c1. The Balaban J connectivity index is 2.25. The molecule has 1 atom stereocenters. The molecule has 1 N–H and O–H groups in total. The molecule has 0 radical (unpaired) electrons. The largest absolute Gasteiger partial charge is 0.491 e. The van der Waals surface area contributed by atoms with Gasteiger partial charge in [0.05, 0.1) is 6.10 Å². The maximum atomic E-state index is 5.84. The van der Waals surface area contributed by atoms with Gasteiger partial charge in [-0.1, -0.05) is 13.0 Å². The zero-order chi connectivity index (χ0) is 11.8. The summed E-state index contributed by atoms with van der Waals surface area (Å²) >= 11 is 2.30. The molecule has 0 spiro atoms. The average Bonchev–Trinajstić information content (AvgIpc) is 2.24. The van der Waals surface area contributed by atoms with Crippen LogP contribution in [0.3, 0.4) is 0 Å². The quantitative estimate of drug-likeness (QED) is 0.610. The summed E-state index contributed by atoms with van der Waals surface area (Å²) in [6.45, 7) is 6.39. The molecular weight excluding hydrogens is 313 g/mol. The van der Waals surface area contributed by atoms with Crippen LogP contribution in [0.15, 0.2) is 24.3 Å². The first-order valence-corrected chi connectivity index (χ1v) is 6.93. The van der Waals surface area contributed by atoms with Crippen molar-refractivity contribution < 1.29 is 4.74 Å². The third-order valence-electron chi connectivity index (χ3n) is 2.35. The van der Waals surface area contributed by atoms with E-state index in [1.165, 1.54) is 9.99 Å². The highest BCUT2D eigenvalue weighted by Gasteiger charge is 2.03. The predicted molar refractivity (Wildman–Crippen MR) is 77.0 cm³/mol. The van der Waals surface area contributed by atoms with Crippen LogP contribution in [0.5, 0.6) is 5.75 Å². The number of rotatable bonds is 7. The molecule has 1 rings (SSSR count). The highest BCUT2D eigenvalue weighted by molar-refractivity contribution is 14.1. The van der Waals surface area contributed by atoms with Crippen LogP contribution in [0, 0.1) is 3.57 Å². The Bertz CT molecular complexity index is 304. The van der Waals surface area contributed by atoms with Crippen molar-refractivity contribution in [3.05, 3.63) is 27.8 Å². The van der Waals surface area contributed by atoms with Gasteiger partial charge in [-0.15, -0.1) is 0 Å². The standard InChI is InChI=1S/C13H20INO/c1-3-15-9-5-6-11(2)16-13-8-4-7-12(14)10-13/h4,7-8,10-11,15H,3,5-6,9H2,1-2H3. The maximum absolute atomic E-state index is 5.84. The van der Waals surface area contributed by atoms with E-state index in [2.05, 4.69) is 53.9 Å². The Hall–Kier alpha value is -0.290. The first kappa shape index (κ1) is 13.8. The zero-order valence-electron chi connectivity index (χ0n) is 10.0. The molecule has 0 saturated carbocycles. The van der Waals surface area contributed by atoms with Gasteiger partial charge in [-0.2, -0.15) is 0 Å². The lowest BCUT2D eigenvalue weighted by Crippen LogP contribution is -2.18. The number of halogens is 1. The first-order chi connectivity index (χ1) is 7.72. The van der Waals surface area contributed by atoms with Crippen molar-refractivity contribution in [1.82, 2.24) is 5.32 Å². The van der Waals surface area contributed by atoms with Gasteiger partial charge in [0.1, 0.15) is 5.75 Å². The fourth-order valence-corrected chi connectivity index (χ4v) is 2.04. The Kier molecular flexibility index (Phi) is 6.80. The lowest BCUT2D eigenvalue weighted by Gasteiger charge is -2.14. The van der Waals surface area contributed by atoms with Crippen molar-refractivity contribution in [1.29, 1.82) is 0 Å². The van der Waals surface area contributed by atoms with Gasteiger partial charge in [0.2, 0.25) is 0 Å². The molecule has 0 heterocycles. The summed E-state index contributed by atoms with van der Waals surface area (Å²) < 4.78 is 7.06. The van der Waals surface area contributed by atoms with Crippen molar-refractivity contribution in [3.63, 3.8) is 0 Å². The van der Waals surface area contributed by atoms with E-state index in [0.717, 1.165) is 25.3 Å². The molecule has 0 aromatic heterocycles. The highest BCUT2D eigenvalue weighted by atomic mass is 127. The normalized spacial score (nSPS) is 12.4. The zero-order valence-corrected chi connectivity index (χ0v) is 12.2. The van der Waals surface area contributed by atoms with Crippen LogP contribution in [-0.4, -0.2) is 19.2 Å². The second-order valence-electron chi connectivity index (χ2n) is 3.88. The number of nitrogens with one attached hydrogen (secondary N) is 1. The molecule has 0 aliphatic heterocycles. The molecule has 3 heteroatoms. The molecule has 0 saturated heterocycles. The smallest absolute Gasteiger partial charge is 0.120 e. The summed E-state index contributed by atoms with van der Waals surface area (Å²) in [5.74, 6) is 0.975. The van der Waals surface area contributed by atoms with Gasteiger partial charge >= 0.3 is 0 Å². The molecule has 0 aliphatic carbocycles. The summed E-state index contributed by atoms with van der Waals surface area (Å²) in [5, 5.41) is 3.32. The molecule has 16 heavy (non-hydrogen) atoms. The Morgan fingerprint density at radius 1 is 1.44 bits per heavy atom. The molecule has 90 valence electrons. The summed E-state index contributed by atoms with van der Waals surface area (Å²) in [4.78, 5) is 0. The fourth-order valence-electron chi connectivity index (χ4n) is 1.52. The first-order valence-electron chi connectivity index (χ1n) is 5.85. The second-order valence-corrected chi connectivity index (χ2v) is 5.13. The third kappa shape index (κ3) is 5.70. The van der Waals surface area contributed by atoms with Gasteiger partial charge in [0.15, 0.2) is 0 Å². The summed E-state index contributed by atoms with van der Waals surface area (Å²) in [6, 6.07) is 8.19. The molecule has 1 aromatic carbocycles. The minimum atomic E-state index is 0.289. The Morgan fingerprint density at radius 2 is 2.25 bits per heavy atom. The molecule has 2 nitrogen and oxygen atoms in total. The minimum absolute atomic E-state index is 0.289. The van der Waals surface area contributed by atoms with Gasteiger partial charge in [-0.05, 0) is 73.6 Å². The van der Waals surface area contributed by atoms with Crippen LogP contribution >= 0.6 is 22.6 Å². The minimum Gasteiger partial charge on any atom is -0.491 e. The van der Waals surface area contributed by atoms with Gasteiger partial charge in [-0.25, -0.2) is 0 Å². The van der Waals surface area contributed by atoms with Crippen molar-refractivity contribution >= 4 is 22.6 Å². The van der Waals surface area contributed by atoms with E-state index in [9.17, 15) is 0 Å². The van der Waals surface area contributed by atoms with Crippen LogP contribution in [0.4, 0.5) is 0 Å². The van der Waals surface area contributed by atoms with E-state index in [0.29, 0.717) is 0 Å². The van der Waals surface area contributed by atoms with E-state index >= 15 is 0 Å². The average molecular weight is 333 g/mol. The van der Waals surface area contributed by atoms with Crippen molar-refractivity contribution in [2.75, 3.05) is 13.1 Å². The highest BCUT2D eigenvalue weighted by Crippen LogP contribution is 2.17. The van der Waals surface area contributed by atoms with Crippen molar-refractivity contribution in [2.24, 2.45) is 0 Å². The second kappa shape index (κ2) is 7.90. The molecule has 1 aromatic rings. The number of benzene rings is 1. The Labute approximate surface area is 112 Å². The van der Waals surface area contributed by atoms with Gasteiger partial charge < -0.3 is 10.1 Å². The van der Waals surface area contributed by atoms with E-state index in [4.69, 9.17) is 4.74 Å². The number of hydrogen-bond donors (Lipinski definition) is 1. The van der Waals surface area contributed by atoms with Gasteiger partial charge in [0.25, 0.3) is 0 Å². The van der Waals surface area contributed by atoms with Crippen LogP contribution < -0.4 is 10.1 Å². The molecule has 0 amide bonds. The topological polar surface area (TPSA) is 21.3 Å². The van der Waals surface area contributed by atoms with Crippen molar-refractivity contribution in [2.45, 2.75) is 32.8 Å². The van der Waals surface area contributed by atoms with Crippen LogP contribution in [0.1, 0.15) is 26.7 Å².